The number of likely N-dealkylation sites (N-methyl/N-ethyl adjacent to an activating group) is 1. The summed E-state index contributed by atoms with van der Waals surface area (Å²) in [6, 6.07) is -0.873. The fourth-order valence-corrected chi connectivity index (χ4v) is 2.01. The van der Waals surface area contributed by atoms with Gasteiger partial charge in [0.25, 0.3) is 0 Å². The van der Waals surface area contributed by atoms with Crippen LogP contribution in [0.25, 0.3) is 0 Å². The van der Waals surface area contributed by atoms with Crippen molar-refractivity contribution in [2.75, 3.05) is 20.1 Å². The van der Waals surface area contributed by atoms with Crippen LogP contribution in [0.1, 0.15) is 19.3 Å². The van der Waals surface area contributed by atoms with E-state index in [0.29, 0.717) is 13.1 Å². The third-order valence-electron chi connectivity index (χ3n) is 2.96. The number of carbonyl (C=O) groups excluding carboxylic acids is 1. The Hall–Kier alpha value is -1.48. The normalized spacial score (nSPS) is 18.1. The molecule has 0 saturated carbocycles. The Morgan fingerprint density at radius 3 is 2.37 bits per heavy atom. The molecule has 1 aliphatic rings. The molecule has 106 valence electrons. The smallest absolute Gasteiger partial charge is 0.355 e. The van der Waals surface area contributed by atoms with Gasteiger partial charge in [-0.25, -0.2) is 0 Å². The minimum atomic E-state index is -4.56. The van der Waals surface area contributed by atoms with Crippen LogP contribution in [-0.4, -0.2) is 43.2 Å². The molecule has 1 fully saturated rings. The van der Waals surface area contributed by atoms with Gasteiger partial charge in [0.2, 0.25) is 5.91 Å². The Labute approximate surface area is 110 Å². The minimum absolute atomic E-state index is 0.0566. The Kier molecular flexibility index (Phi) is 5.43. The van der Waals surface area contributed by atoms with Gasteiger partial charge in [-0.05, 0) is 25.9 Å². The van der Waals surface area contributed by atoms with Crippen LogP contribution in [0.3, 0.4) is 0 Å². The first-order valence-electron chi connectivity index (χ1n) is 6.09. The maximum Gasteiger partial charge on any atom is 0.457 e. The van der Waals surface area contributed by atoms with Crippen molar-refractivity contribution in [3.63, 3.8) is 0 Å². The summed E-state index contributed by atoms with van der Waals surface area (Å²) in [5, 5.41) is 2.37. The van der Waals surface area contributed by atoms with Crippen molar-refractivity contribution in [3.8, 4) is 11.8 Å². The molecule has 0 radical (unpaired) electrons. The van der Waals surface area contributed by atoms with Gasteiger partial charge in [0.15, 0.2) is 0 Å². The topological polar surface area (TPSA) is 32.3 Å². The lowest BCUT2D eigenvalue weighted by Crippen LogP contribution is -2.42. The zero-order valence-corrected chi connectivity index (χ0v) is 10.8. The van der Waals surface area contributed by atoms with Crippen molar-refractivity contribution < 1.29 is 18.0 Å². The molecule has 1 saturated heterocycles. The quantitative estimate of drug-likeness (QED) is 0.627. The minimum Gasteiger partial charge on any atom is -0.355 e. The molecule has 1 unspecified atom stereocenters. The molecule has 1 atom stereocenters. The second-order valence-corrected chi connectivity index (χ2v) is 4.37. The average molecular weight is 274 g/mol. The van der Waals surface area contributed by atoms with Crippen molar-refractivity contribution in [2.45, 2.75) is 31.5 Å². The lowest BCUT2D eigenvalue weighted by molar-refractivity contribution is -0.117. The highest BCUT2D eigenvalue weighted by atomic mass is 19.4. The second-order valence-electron chi connectivity index (χ2n) is 4.37. The number of piperidine rings is 1. The van der Waals surface area contributed by atoms with Crippen LogP contribution >= 0.6 is 0 Å². The van der Waals surface area contributed by atoms with Crippen LogP contribution in [0.4, 0.5) is 13.2 Å². The SMILES string of the molecule is C=C(C(=O)NC)C(C#CC(F)(F)F)N1CCCCC1. The van der Waals surface area contributed by atoms with Crippen LogP contribution < -0.4 is 5.32 Å². The molecule has 0 aromatic heterocycles. The first-order valence-corrected chi connectivity index (χ1v) is 6.09. The number of hydrogen-bond acceptors (Lipinski definition) is 2. The number of hydrogen-bond donors (Lipinski definition) is 1. The summed E-state index contributed by atoms with van der Waals surface area (Å²) in [6.07, 6.45) is -1.73. The highest BCUT2D eigenvalue weighted by Gasteiger charge is 2.28. The number of amides is 1. The molecule has 0 aromatic rings. The van der Waals surface area contributed by atoms with E-state index in [1.165, 1.54) is 13.0 Å². The molecule has 1 N–H and O–H groups in total. The summed E-state index contributed by atoms with van der Waals surface area (Å²) in [7, 11) is 1.41. The van der Waals surface area contributed by atoms with Gasteiger partial charge in [0.05, 0.1) is 0 Å². The van der Waals surface area contributed by atoms with E-state index in [-0.39, 0.29) is 5.57 Å². The largest absolute Gasteiger partial charge is 0.457 e. The van der Waals surface area contributed by atoms with E-state index in [2.05, 4.69) is 17.8 Å². The van der Waals surface area contributed by atoms with E-state index < -0.39 is 18.1 Å². The van der Waals surface area contributed by atoms with Crippen molar-refractivity contribution in [2.24, 2.45) is 0 Å². The van der Waals surface area contributed by atoms with Gasteiger partial charge in [0, 0.05) is 18.5 Å². The molecule has 1 rings (SSSR count). The van der Waals surface area contributed by atoms with Crippen molar-refractivity contribution >= 4 is 5.91 Å². The van der Waals surface area contributed by atoms with E-state index in [1.54, 1.807) is 4.90 Å². The Balaban J connectivity index is 2.92. The second kappa shape index (κ2) is 6.62. The van der Waals surface area contributed by atoms with E-state index in [0.717, 1.165) is 19.3 Å². The van der Waals surface area contributed by atoms with E-state index in [1.807, 2.05) is 0 Å². The maximum absolute atomic E-state index is 12.2. The van der Waals surface area contributed by atoms with Crippen molar-refractivity contribution in [3.05, 3.63) is 12.2 Å². The standard InChI is InChI=1S/C13H17F3N2O/c1-10(12(19)17-2)11(6-7-13(14,15)16)18-8-4-3-5-9-18/h11H,1,3-5,8-9H2,2H3,(H,17,19). The summed E-state index contributed by atoms with van der Waals surface area (Å²) >= 11 is 0. The molecule has 6 heteroatoms. The fraction of sp³-hybridized carbons (Fsp3) is 0.615. The Bertz CT molecular complexity index is 400. The maximum atomic E-state index is 12.2. The van der Waals surface area contributed by atoms with Gasteiger partial charge in [-0.1, -0.05) is 18.9 Å². The van der Waals surface area contributed by atoms with Crippen molar-refractivity contribution in [1.82, 2.24) is 10.2 Å². The number of rotatable bonds is 3. The number of halogens is 3. The number of nitrogens with one attached hydrogen (secondary N) is 1. The lowest BCUT2D eigenvalue weighted by atomic mass is 10.0. The van der Waals surface area contributed by atoms with Crippen molar-refractivity contribution in [1.29, 1.82) is 0 Å². The summed E-state index contributed by atoms with van der Waals surface area (Å²) in [5.74, 6) is 2.90. The van der Waals surface area contributed by atoms with Crippen LogP contribution in [-0.2, 0) is 4.79 Å². The van der Waals surface area contributed by atoms with Crippen LogP contribution in [0.5, 0.6) is 0 Å². The number of nitrogens with zero attached hydrogens (tertiary/aromatic N) is 1. The molecule has 3 nitrogen and oxygen atoms in total. The first kappa shape index (κ1) is 15.6. The van der Waals surface area contributed by atoms with Gasteiger partial charge >= 0.3 is 6.18 Å². The third kappa shape index (κ3) is 4.95. The van der Waals surface area contributed by atoms with Gasteiger partial charge in [0.1, 0.15) is 6.04 Å². The van der Waals surface area contributed by atoms with Gasteiger partial charge in [-0.3, -0.25) is 9.69 Å². The summed E-state index contributed by atoms with van der Waals surface area (Å²) in [6.45, 7) is 4.84. The third-order valence-corrected chi connectivity index (χ3v) is 2.96. The highest BCUT2D eigenvalue weighted by Crippen LogP contribution is 2.18. The van der Waals surface area contributed by atoms with Gasteiger partial charge in [-0.2, -0.15) is 13.2 Å². The molecular weight excluding hydrogens is 257 g/mol. The van der Waals surface area contributed by atoms with E-state index in [4.69, 9.17) is 0 Å². The molecule has 1 heterocycles. The predicted octanol–water partition coefficient (Wildman–Crippen LogP) is 1.71. The first-order chi connectivity index (χ1) is 8.85. The zero-order chi connectivity index (χ0) is 14.5. The summed E-state index contributed by atoms with van der Waals surface area (Å²) in [4.78, 5) is 13.3. The molecule has 1 amide bonds. The van der Waals surface area contributed by atoms with Crippen LogP contribution in [0.15, 0.2) is 12.2 Å². The monoisotopic (exact) mass is 274 g/mol. The molecule has 0 bridgehead atoms. The van der Waals surface area contributed by atoms with Crippen LogP contribution in [0.2, 0.25) is 0 Å². The molecule has 0 aliphatic carbocycles. The molecule has 1 aliphatic heterocycles. The predicted molar refractivity (Wildman–Crippen MR) is 66.2 cm³/mol. The molecule has 0 spiro atoms. The number of likely N-dealkylation sites (tertiary alicyclic amines) is 1. The number of carbonyl (C=O) groups is 1. The van der Waals surface area contributed by atoms with E-state index in [9.17, 15) is 18.0 Å². The Morgan fingerprint density at radius 1 is 1.32 bits per heavy atom. The fourth-order valence-electron chi connectivity index (χ4n) is 2.01. The van der Waals surface area contributed by atoms with Gasteiger partial charge < -0.3 is 5.32 Å². The molecule has 19 heavy (non-hydrogen) atoms. The summed E-state index contributed by atoms with van der Waals surface area (Å²) in [5.41, 5.74) is 0.0566. The van der Waals surface area contributed by atoms with Crippen LogP contribution in [0, 0.1) is 11.8 Å². The average Bonchev–Trinajstić information content (AvgIpc) is 2.37. The number of alkyl halides is 3. The summed E-state index contributed by atoms with van der Waals surface area (Å²) < 4.78 is 36.6. The lowest BCUT2D eigenvalue weighted by Gasteiger charge is -2.32. The zero-order valence-electron chi connectivity index (χ0n) is 10.8. The molecular formula is C13H17F3N2O. The van der Waals surface area contributed by atoms with E-state index >= 15 is 0 Å². The van der Waals surface area contributed by atoms with Gasteiger partial charge in [-0.15, -0.1) is 0 Å². The highest BCUT2D eigenvalue weighted by molar-refractivity contribution is 5.94. The Morgan fingerprint density at radius 2 is 1.89 bits per heavy atom. The molecule has 0 aromatic carbocycles.